The SMILES string of the molecule is Cc1ccc(C(=O)CC(N)C(N)=O)cc1. The Morgan fingerprint density at radius 2 is 1.80 bits per heavy atom. The van der Waals surface area contributed by atoms with Gasteiger partial charge in [-0.15, -0.1) is 0 Å². The Balaban J connectivity index is 2.69. The van der Waals surface area contributed by atoms with Crippen LogP contribution in [-0.4, -0.2) is 17.7 Å². The highest BCUT2D eigenvalue weighted by Crippen LogP contribution is 2.07. The number of aryl methyl sites for hydroxylation is 1. The highest BCUT2D eigenvalue weighted by molar-refractivity contribution is 5.99. The summed E-state index contributed by atoms with van der Waals surface area (Å²) in [6, 6.07) is 6.20. The van der Waals surface area contributed by atoms with Crippen molar-refractivity contribution < 1.29 is 9.59 Å². The van der Waals surface area contributed by atoms with Crippen LogP contribution in [0.1, 0.15) is 22.3 Å². The lowest BCUT2D eigenvalue weighted by Crippen LogP contribution is -2.38. The third-order valence-corrected chi connectivity index (χ3v) is 2.14. The summed E-state index contributed by atoms with van der Waals surface area (Å²) in [6.07, 6.45) is -0.0433. The van der Waals surface area contributed by atoms with Crippen molar-refractivity contribution in [3.63, 3.8) is 0 Å². The monoisotopic (exact) mass is 206 g/mol. The van der Waals surface area contributed by atoms with Crippen molar-refractivity contribution in [1.29, 1.82) is 0 Å². The Morgan fingerprint density at radius 1 is 1.27 bits per heavy atom. The number of ketones is 1. The quantitative estimate of drug-likeness (QED) is 0.698. The van der Waals surface area contributed by atoms with E-state index in [1.165, 1.54) is 0 Å². The van der Waals surface area contributed by atoms with Gasteiger partial charge in [0, 0.05) is 12.0 Å². The van der Waals surface area contributed by atoms with Gasteiger partial charge in [0.05, 0.1) is 6.04 Å². The number of benzene rings is 1. The molecule has 0 saturated heterocycles. The van der Waals surface area contributed by atoms with Crippen LogP contribution >= 0.6 is 0 Å². The summed E-state index contributed by atoms with van der Waals surface area (Å²) in [4.78, 5) is 22.2. The maximum atomic E-state index is 11.6. The van der Waals surface area contributed by atoms with E-state index in [-0.39, 0.29) is 12.2 Å². The molecule has 0 radical (unpaired) electrons. The van der Waals surface area contributed by atoms with E-state index in [0.717, 1.165) is 5.56 Å². The van der Waals surface area contributed by atoms with E-state index in [0.29, 0.717) is 5.56 Å². The summed E-state index contributed by atoms with van der Waals surface area (Å²) in [5.74, 6) is -0.822. The van der Waals surface area contributed by atoms with Crippen LogP contribution in [0.4, 0.5) is 0 Å². The Bertz CT molecular complexity index is 371. The molecule has 0 aliphatic heterocycles. The highest BCUT2D eigenvalue weighted by atomic mass is 16.1. The first-order valence-corrected chi connectivity index (χ1v) is 4.65. The van der Waals surface area contributed by atoms with Crippen molar-refractivity contribution in [3.05, 3.63) is 35.4 Å². The van der Waals surface area contributed by atoms with Gasteiger partial charge in [0.25, 0.3) is 0 Å². The second-order valence-corrected chi connectivity index (χ2v) is 3.50. The third-order valence-electron chi connectivity index (χ3n) is 2.14. The van der Waals surface area contributed by atoms with E-state index < -0.39 is 11.9 Å². The molecule has 15 heavy (non-hydrogen) atoms. The summed E-state index contributed by atoms with van der Waals surface area (Å²) < 4.78 is 0. The van der Waals surface area contributed by atoms with Crippen molar-refractivity contribution in [1.82, 2.24) is 0 Å². The number of nitrogens with two attached hydrogens (primary N) is 2. The molecule has 0 heterocycles. The minimum atomic E-state index is -0.904. The molecular formula is C11H14N2O2. The number of rotatable bonds is 4. The van der Waals surface area contributed by atoms with Crippen LogP contribution in [0.5, 0.6) is 0 Å². The van der Waals surface area contributed by atoms with Crippen molar-refractivity contribution >= 4 is 11.7 Å². The lowest BCUT2D eigenvalue weighted by molar-refractivity contribution is -0.119. The molecule has 1 aromatic rings. The number of carbonyl (C=O) groups excluding carboxylic acids is 2. The molecule has 0 spiro atoms. The summed E-state index contributed by atoms with van der Waals surface area (Å²) in [5.41, 5.74) is 12.0. The molecule has 0 aromatic heterocycles. The van der Waals surface area contributed by atoms with Gasteiger partial charge in [0.15, 0.2) is 5.78 Å². The first-order chi connectivity index (χ1) is 7.00. The predicted molar refractivity (Wildman–Crippen MR) is 57.3 cm³/mol. The van der Waals surface area contributed by atoms with Crippen LogP contribution in [0.25, 0.3) is 0 Å². The molecule has 4 heteroatoms. The number of hydrogen-bond donors (Lipinski definition) is 2. The Labute approximate surface area is 88.3 Å². The fourth-order valence-corrected chi connectivity index (χ4v) is 1.16. The highest BCUT2D eigenvalue weighted by Gasteiger charge is 2.15. The van der Waals surface area contributed by atoms with Crippen LogP contribution in [0.2, 0.25) is 0 Å². The van der Waals surface area contributed by atoms with Gasteiger partial charge in [0.1, 0.15) is 0 Å². The smallest absolute Gasteiger partial charge is 0.234 e. The van der Waals surface area contributed by atoms with E-state index in [4.69, 9.17) is 11.5 Å². The molecule has 0 saturated carbocycles. The number of carbonyl (C=O) groups is 2. The summed E-state index contributed by atoms with van der Waals surface area (Å²) >= 11 is 0. The van der Waals surface area contributed by atoms with E-state index in [1.807, 2.05) is 19.1 Å². The third kappa shape index (κ3) is 3.18. The molecule has 1 rings (SSSR count). The van der Waals surface area contributed by atoms with Gasteiger partial charge in [-0.3, -0.25) is 9.59 Å². The maximum Gasteiger partial charge on any atom is 0.234 e. The molecule has 1 aromatic carbocycles. The van der Waals surface area contributed by atoms with Crippen molar-refractivity contribution in [2.45, 2.75) is 19.4 Å². The van der Waals surface area contributed by atoms with Crippen LogP contribution in [0.15, 0.2) is 24.3 Å². The van der Waals surface area contributed by atoms with Crippen molar-refractivity contribution in [2.24, 2.45) is 11.5 Å². The Hall–Kier alpha value is -1.68. The average Bonchev–Trinajstić information content (AvgIpc) is 2.18. The second kappa shape index (κ2) is 4.70. The van der Waals surface area contributed by atoms with E-state index in [2.05, 4.69) is 0 Å². The number of primary amides is 1. The fourth-order valence-electron chi connectivity index (χ4n) is 1.16. The van der Waals surface area contributed by atoms with Gasteiger partial charge in [-0.05, 0) is 6.92 Å². The number of amides is 1. The standard InChI is InChI=1S/C11H14N2O2/c1-7-2-4-8(5-3-7)10(14)6-9(12)11(13)15/h2-5,9H,6,12H2,1H3,(H2,13,15). The average molecular weight is 206 g/mol. The van der Waals surface area contributed by atoms with Gasteiger partial charge >= 0.3 is 0 Å². The summed E-state index contributed by atoms with van der Waals surface area (Å²) in [5, 5.41) is 0. The molecule has 0 aliphatic rings. The minimum absolute atomic E-state index is 0.0433. The molecule has 0 fully saturated rings. The molecule has 0 aliphatic carbocycles. The van der Waals surface area contributed by atoms with Gasteiger partial charge in [0.2, 0.25) is 5.91 Å². The predicted octanol–water partition coefficient (Wildman–Crippen LogP) is 0.380. The minimum Gasteiger partial charge on any atom is -0.368 e. The normalized spacial score (nSPS) is 12.1. The van der Waals surface area contributed by atoms with Crippen molar-refractivity contribution in [2.75, 3.05) is 0 Å². The summed E-state index contributed by atoms with van der Waals surface area (Å²) in [7, 11) is 0. The molecular weight excluding hydrogens is 192 g/mol. The van der Waals surface area contributed by atoms with E-state index in [1.54, 1.807) is 12.1 Å². The number of hydrogen-bond acceptors (Lipinski definition) is 3. The lowest BCUT2D eigenvalue weighted by atomic mass is 10.0. The van der Waals surface area contributed by atoms with Gasteiger partial charge in [-0.25, -0.2) is 0 Å². The first-order valence-electron chi connectivity index (χ1n) is 4.65. The zero-order valence-electron chi connectivity index (χ0n) is 8.57. The Morgan fingerprint density at radius 3 is 2.27 bits per heavy atom. The molecule has 1 unspecified atom stereocenters. The Kier molecular flexibility index (Phi) is 3.57. The van der Waals surface area contributed by atoms with Crippen LogP contribution in [-0.2, 0) is 4.79 Å². The molecule has 4 nitrogen and oxygen atoms in total. The molecule has 1 amide bonds. The zero-order valence-corrected chi connectivity index (χ0v) is 8.57. The molecule has 0 bridgehead atoms. The second-order valence-electron chi connectivity index (χ2n) is 3.50. The topological polar surface area (TPSA) is 86.2 Å². The molecule has 80 valence electrons. The first kappa shape index (κ1) is 11.4. The molecule has 4 N–H and O–H groups in total. The van der Waals surface area contributed by atoms with Gasteiger partial charge in [-0.2, -0.15) is 0 Å². The lowest BCUT2D eigenvalue weighted by Gasteiger charge is -2.06. The van der Waals surface area contributed by atoms with Crippen LogP contribution in [0.3, 0.4) is 0 Å². The maximum absolute atomic E-state index is 11.6. The van der Waals surface area contributed by atoms with Gasteiger partial charge < -0.3 is 11.5 Å². The largest absolute Gasteiger partial charge is 0.368 e. The summed E-state index contributed by atoms with van der Waals surface area (Å²) in [6.45, 7) is 1.93. The zero-order chi connectivity index (χ0) is 11.4. The van der Waals surface area contributed by atoms with E-state index >= 15 is 0 Å². The number of Topliss-reactive ketones (excluding diaryl/α,β-unsaturated/α-hetero) is 1. The molecule has 1 atom stereocenters. The fraction of sp³-hybridized carbons (Fsp3) is 0.273. The van der Waals surface area contributed by atoms with Crippen molar-refractivity contribution in [3.8, 4) is 0 Å². The van der Waals surface area contributed by atoms with Gasteiger partial charge in [-0.1, -0.05) is 29.8 Å². The van der Waals surface area contributed by atoms with E-state index in [9.17, 15) is 9.59 Å². The van der Waals surface area contributed by atoms with Crippen LogP contribution in [0, 0.1) is 6.92 Å². The van der Waals surface area contributed by atoms with Crippen LogP contribution < -0.4 is 11.5 Å².